The van der Waals surface area contributed by atoms with Crippen molar-refractivity contribution in [1.29, 1.82) is 0 Å². The molecule has 192 valence electrons. The third-order valence-electron chi connectivity index (χ3n) is 4.68. The molecule has 0 radical (unpaired) electrons. The first-order valence-corrected chi connectivity index (χ1v) is 11.1. The highest BCUT2D eigenvalue weighted by Crippen LogP contribution is 2.27. The molecule has 0 aliphatic rings. The minimum Gasteiger partial charge on any atom is -0.494 e. The summed E-state index contributed by atoms with van der Waals surface area (Å²) in [4.78, 5) is 36.0. The molecule has 0 aromatic heterocycles. The van der Waals surface area contributed by atoms with E-state index in [1.165, 1.54) is 25.5 Å². The molecule has 0 heterocycles. The zero-order valence-corrected chi connectivity index (χ0v) is 20.1. The van der Waals surface area contributed by atoms with Crippen molar-refractivity contribution in [3.05, 3.63) is 78.1 Å². The molecule has 0 atom stereocenters. The third-order valence-corrected chi connectivity index (χ3v) is 4.68. The maximum Gasteiger partial charge on any atom is 0.329 e. The Labute approximate surface area is 212 Å². The summed E-state index contributed by atoms with van der Waals surface area (Å²) in [6, 6.07) is 16.7. The van der Waals surface area contributed by atoms with Crippen LogP contribution in [0.1, 0.15) is 12.5 Å². The number of ether oxygens (including phenoxy) is 3. The Kier molecular flexibility index (Phi) is 9.54. The van der Waals surface area contributed by atoms with E-state index in [1.54, 1.807) is 42.5 Å². The molecular weight excluding hydrogens is 483 g/mol. The second-order valence-corrected chi connectivity index (χ2v) is 7.36. The van der Waals surface area contributed by atoms with Gasteiger partial charge < -0.3 is 24.8 Å². The van der Waals surface area contributed by atoms with Gasteiger partial charge in [-0.05, 0) is 79.2 Å². The van der Waals surface area contributed by atoms with Gasteiger partial charge in [0.15, 0.2) is 18.1 Å². The van der Waals surface area contributed by atoms with Crippen molar-refractivity contribution < 1.29 is 33.0 Å². The minimum atomic E-state index is -1.01. The van der Waals surface area contributed by atoms with Crippen LogP contribution in [0.25, 0.3) is 0 Å². The monoisotopic (exact) mass is 508 g/mol. The Morgan fingerprint density at radius 2 is 1.54 bits per heavy atom. The first kappa shape index (κ1) is 26.7. The molecule has 3 rings (SSSR count). The Bertz CT molecular complexity index is 1260. The highest BCUT2D eigenvalue weighted by molar-refractivity contribution is 6.39. The van der Waals surface area contributed by atoms with E-state index in [4.69, 9.17) is 14.2 Å². The molecular formula is C26H25FN4O6. The number of anilines is 2. The fourth-order valence-corrected chi connectivity index (χ4v) is 2.96. The van der Waals surface area contributed by atoms with Gasteiger partial charge in [-0.15, -0.1) is 0 Å². The molecule has 3 aromatic carbocycles. The number of carbonyl (C=O) groups excluding carboxylic acids is 3. The molecule has 0 aliphatic heterocycles. The van der Waals surface area contributed by atoms with Gasteiger partial charge in [-0.3, -0.25) is 14.4 Å². The average Bonchev–Trinajstić information content (AvgIpc) is 2.90. The van der Waals surface area contributed by atoms with E-state index in [9.17, 15) is 18.8 Å². The average molecular weight is 509 g/mol. The van der Waals surface area contributed by atoms with Crippen molar-refractivity contribution >= 4 is 35.3 Å². The first-order valence-electron chi connectivity index (χ1n) is 11.1. The summed E-state index contributed by atoms with van der Waals surface area (Å²) < 4.78 is 29.2. The predicted octanol–water partition coefficient (Wildman–Crippen LogP) is 3.34. The van der Waals surface area contributed by atoms with Crippen LogP contribution >= 0.6 is 0 Å². The normalized spacial score (nSPS) is 10.5. The molecule has 3 amide bonds. The van der Waals surface area contributed by atoms with Gasteiger partial charge in [-0.25, -0.2) is 9.82 Å². The molecule has 0 saturated carbocycles. The lowest BCUT2D eigenvalue weighted by molar-refractivity contribution is -0.136. The molecule has 3 aromatic rings. The Morgan fingerprint density at radius 3 is 2.22 bits per heavy atom. The second kappa shape index (κ2) is 13.2. The minimum absolute atomic E-state index is 0.254. The van der Waals surface area contributed by atoms with E-state index in [0.29, 0.717) is 35.1 Å². The smallest absolute Gasteiger partial charge is 0.329 e. The highest BCUT2D eigenvalue weighted by atomic mass is 19.1. The van der Waals surface area contributed by atoms with Crippen molar-refractivity contribution in [2.24, 2.45) is 5.10 Å². The summed E-state index contributed by atoms with van der Waals surface area (Å²) in [6.07, 6.45) is 1.30. The quantitative estimate of drug-likeness (QED) is 0.219. The summed E-state index contributed by atoms with van der Waals surface area (Å²) in [5.41, 5.74) is 3.49. The van der Waals surface area contributed by atoms with Gasteiger partial charge in [0.2, 0.25) is 0 Å². The number of methoxy groups -OCH3 is 1. The van der Waals surface area contributed by atoms with Crippen molar-refractivity contribution in [1.82, 2.24) is 5.43 Å². The lowest BCUT2D eigenvalue weighted by Crippen LogP contribution is -2.32. The first-order chi connectivity index (χ1) is 17.9. The number of benzene rings is 3. The van der Waals surface area contributed by atoms with Gasteiger partial charge in [0.25, 0.3) is 5.91 Å². The molecule has 11 heteroatoms. The predicted molar refractivity (Wildman–Crippen MR) is 135 cm³/mol. The number of hydrogen-bond donors (Lipinski definition) is 3. The van der Waals surface area contributed by atoms with Crippen LogP contribution in [0.2, 0.25) is 0 Å². The van der Waals surface area contributed by atoms with E-state index < -0.39 is 17.6 Å². The van der Waals surface area contributed by atoms with Crippen molar-refractivity contribution in [2.75, 3.05) is 31.0 Å². The number of amides is 3. The summed E-state index contributed by atoms with van der Waals surface area (Å²) in [5, 5.41) is 8.79. The van der Waals surface area contributed by atoms with Gasteiger partial charge in [-0.2, -0.15) is 5.10 Å². The number of nitrogens with one attached hydrogen (secondary N) is 3. The van der Waals surface area contributed by atoms with E-state index in [0.717, 1.165) is 12.1 Å². The van der Waals surface area contributed by atoms with Crippen LogP contribution in [0.5, 0.6) is 17.2 Å². The maximum atomic E-state index is 12.9. The van der Waals surface area contributed by atoms with Crippen LogP contribution in [-0.4, -0.2) is 44.3 Å². The van der Waals surface area contributed by atoms with Crippen molar-refractivity contribution in [3.63, 3.8) is 0 Å². The largest absolute Gasteiger partial charge is 0.494 e. The third kappa shape index (κ3) is 8.35. The molecule has 0 bridgehead atoms. The lowest BCUT2D eigenvalue weighted by Gasteiger charge is -2.12. The van der Waals surface area contributed by atoms with Crippen LogP contribution in [-0.2, 0) is 14.4 Å². The fraction of sp³-hybridized carbons (Fsp3) is 0.154. The van der Waals surface area contributed by atoms with Crippen molar-refractivity contribution in [3.8, 4) is 17.2 Å². The molecule has 0 spiro atoms. The van der Waals surface area contributed by atoms with Crippen LogP contribution in [0, 0.1) is 5.82 Å². The van der Waals surface area contributed by atoms with Gasteiger partial charge in [-0.1, -0.05) is 0 Å². The van der Waals surface area contributed by atoms with Gasteiger partial charge in [0, 0.05) is 11.4 Å². The summed E-state index contributed by atoms with van der Waals surface area (Å²) in [6.45, 7) is 2.19. The highest BCUT2D eigenvalue weighted by Gasteiger charge is 2.13. The second-order valence-electron chi connectivity index (χ2n) is 7.36. The van der Waals surface area contributed by atoms with Crippen LogP contribution in [0.3, 0.4) is 0 Å². The molecule has 0 unspecified atom stereocenters. The topological polar surface area (TPSA) is 127 Å². The molecule has 0 fully saturated rings. The maximum absolute atomic E-state index is 12.9. The molecule has 10 nitrogen and oxygen atoms in total. The zero-order valence-electron chi connectivity index (χ0n) is 20.1. The molecule has 0 saturated heterocycles. The van der Waals surface area contributed by atoms with E-state index in [1.807, 2.05) is 6.92 Å². The van der Waals surface area contributed by atoms with Crippen LogP contribution in [0.4, 0.5) is 15.8 Å². The molecule has 37 heavy (non-hydrogen) atoms. The van der Waals surface area contributed by atoms with Crippen molar-refractivity contribution in [2.45, 2.75) is 6.92 Å². The number of nitrogens with zero attached hydrogens (tertiary/aromatic N) is 1. The number of hydrazone groups is 1. The lowest BCUT2D eigenvalue weighted by atomic mass is 10.2. The number of rotatable bonds is 10. The van der Waals surface area contributed by atoms with Gasteiger partial charge >= 0.3 is 11.8 Å². The molecule has 3 N–H and O–H groups in total. The molecule has 0 aliphatic carbocycles. The van der Waals surface area contributed by atoms with Gasteiger partial charge in [0.05, 0.1) is 19.9 Å². The number of carbonyl (C=O) groups is 3. The SMILES string of the molecule is CCOc1ccc(NC(=O)COc2ccc(/C=N\NC(=O)C(=O)Nc3ccc(F)cc3)cc2OC)cc1. The standard InChI is InChI=1S/C26H25FN4O6/c1-3-36-21-11-9-19(10-12-21)29-24(32)16-37-22-13-4-17(14-23(22)35-2)15-28-31-26(34)25(33)30-20-7-5-18(27)6-8-20/h4-15H,3,16H2,1-2H3,(H,29,32)(H,30,33)(H,31,34)/b28-15-. The van der Waals surface area contributed by atoms with E-state index in [-0.39, 0.29) is 18.2 Å². The zero-order chi connectivity index (χ0) is 26.6. The number of hydrogen-bond acceptors (Lipinski definition) is 7. The summed E-state index contributed by atoms with van der Waals surface area (Å²) in [5.74, 6) is -1.44. The van der Waals surface area contributed by atoms with E-state index >= 15 is 0 Å². The number of halogens is 1. The van der Waals surface area contributed by atoms with E-state index in [2.05, 4.69) is 21.2 Å². The Hall–Kier alpha value is -4.93. The summed E-state index contributed by atoms with van der Waals surface area (Å²) in [7, 11) is 1.44. The Morgan fingerprint density at radius 1 is 0.865 bits per heavy atom. The summed E-state index contributed by atoms with van der Waals surface area (Å²) >= 11 is 0. The fourth-order valence-electron chi connectivity index (χ4n) is 2.96. The van der Waals surface area contributed by atoms with Gasteiger partial charge in [0.1, 0.15) is 11.6 Å². The Balaban J connectivity index is 1.50. The van der Waals surface area contributed by atoms with Crippen LogP contribution in [0.15, 0.2) is 71.8 Å². The van der Waals surface area contributed by atoms with Crippen LogP contribution < -0.4 is 30.3 Å².